The summed E-state index contributed by atoms with van der Waals surface area (Å²) in [5, 5.41) is 3.69. The number of halogens is 1. The predicted molar refractivity (Wildman–Crippen MR) is 85.1 cm³/mol. The fourth-order valence-electron chi connectivity index (χ4n) is 3.38. The molecular formula is C18H28FNO. The molecule has 1 aromatic rings. The molecule has 1 saturated heterocycles. The summed E-state index contributed by atoms with van der Waals surface area (Å²) in [5.41, 5.74) is 2.29. The Kier molecular flexibility index (Phi) is 6.19. The van der Waals surface area contributed by atoms with Crippen molar-refractivity contribution in [1.82, 2.24) is 5.32 Å². The molecule has 0 bridgehead atoms. The minimum absolute atomic E-state index is 0.148. The zero-order valence-corrected chi connectivity index (χ0v) is 13.5. The Morgan fingerprint density at radius 3 is 2.86 bits per heavy atom. The van der Waals surface area contributed by atoms with Gasteiger partial charge in [-0.25, -0.2) is 4.39 Å². The lowest BCUT2D eigenvalue weighted by molar-refractivity contribution is 0.0774. The molecular weight excluding hydrogens is 265 g/mol. The van der Waals surface area contributed by atoms with Gasteiger partial charge >= 0.3 is 0 Å². The molecule has 1 aliphatic heterocycles. The van der Waals surface area contributed by atoms with Crippen LogP contribution in [0.1, 0.15) is 44.2 Å². The number of hydrogen-bond donors (Lipinski definition) is 1. The van der Waals surface area contributed by atoms with E-state index in [1.807, 2.05) is 13.0 Å². The Bertz CT molecular complexity index is 449. The van der Waals surface area contributed by atoms with Crippen molar-refractivity contribution in [2.75, 3.05) is 13.2 Å². The highest BCUT2D eigenvalue weighted by Gasteiger charge is 2.33. The third-order valence-electron chi connectivity index (χ3n) is 4.58. The summed E-state index contributed by atoms with van der Waals surface area (Å²) in [4.78, 5) is 0. The number of nitrogens with one attached hydrogen (secondary N) is 1. The Hall–Kier alpha value is -0.930. The van der Waals surface area contributed by atoms with Crippen molar-refractivity contribution in [3.8, 4) is 0 Å². The van der Waals surface area contributed by atoms with Crippen molar-refractivity contribution in [2.45, 2.75) is 58.6 Å². The minimum Gasteiger partial charge on any atom is -0.378 e. The van der Waals surface area contributed by atoms with Crippen molar-refractivity contribution in [3.63, 3.8) is 0 Å². The van der Waals surface area contributed by atoms with E-state index >= 15 is 0 Å². The van der Waals surface area contributed by atoms with Crippen LogP contribution in [0.15, 0.2) is 18.2 Å². The van der Waals surface area contributed by atoms with Crippen LogP contribution in [0.5, 0.6) is 0 Å². The largest absolute Gasteiger partial charge is 0.378 e. The monoisotopic (exact) mass is 293 g/mol. The van der Waals surface area contributed by atoms with Crippen LogP contribution in [0.25, 0.3) is 0 Å². The Morgan fingerprint density at radius 1 is 1.38 bits per heavy atom. The lowest BCUT2D eigenvalue weighted by atomic mass is 9.86. The van der Waals surface area contributed by atoms with Crippen molar-refractivity contribution in [1.29, 1.82) is 0 Å². The van der Waals surface area contributed by atoms with Crippen LogP contribution < -0.4 is 5.32 Å². The molecule has 0 aromatic heterocycles. The SMILES string of the molecule is CCCNC(Cc1ccc(F)cc1C)C1CCOC1CC. The summed E-state index contributed by atoms with van der Waals surface area (Å²) in [6.07, 6.45) is 4.64. The van der Waals surface area contributed by atoms with Gasteiger partial charge in [0, 0.05) is 18.6 Å². The molecule has 1 aromatic carbocycles. The molecule has 1 aliphatic rings. The quantitative estimate of drug-likeness (QED) is 0.824. The maximum Gasteiger partial charge on any atom is 0.123 e. The maximum absolute atomic E-state index is 13.3. The summed E-state index contributed by atoms with van der Waals surface area (Å²) in [6, 6.07) is 5.56. The van der Waals surface area contributed by atoms with Gasteiger partial charge in [-0.1, -0.05) is 19.9 Å². The average molecular weight is 293 g/mol. The highest BCUT2D eigenvalue weighted by atomic mass is 19.1. The molecule has 0 aliphatic carbocycles. The molecule has 1 heterocycles. The summed E-state index contributed by atoms with van der Waals surface area (Å²) in [6.45, 7) is 8.28. The average Bonchev–Trinajstić information content (AvgIpc) is 2.94. The number of ether oxygens (including phenoxy) is 1. The number of hydrogen-bond acceptors (Lipinski definition) is 2. The first-order valence-corrected chi connectivity index (χ1v) is 8.25. The van der Waals surface area contributed by atoms with Gasteiger partial charge in [-0.3, -0.25) is 0 Å². The van der Waals surface area contributed by atoms with E-state index in [4.69, 9.17) is 4.74 Å². The summed E-state index contributed by atoms with van der Waals surface area (Å²) >= 11 is 0. The van der Waals surface area contributed by atoms with Crippen LogP contribution in [0, 0.1) is 18.7 Å². The van der Waals surface area contributed by atoms with Crippen LogP contribution >= 0.6 is 0 Å². The number of aryl methyl sites for hydroxylation is 1. The Balaban J connectivity index is 2.11. The van der Waals surface area contributed by atoms with Crippen LogP contribution in [0.4, 0.5) is 4.39 Å². The van der Waals surface area contributed by atoms with Crippen molar-refractivity contribution >= 4 is 0 Å². The van der Waals surface area contributed by atoms with Gasteiger partial charge in [0.15, 0.2) is 0 Å². The van der Waals surface area contributed by atoms with E-state index in [1.54, 1.807) is 12.1 Å². The molecule has 1 N–H and O–H groups in total. The zero-order valence-electron chi connectivity index (χ0n) is 13.5. The van der Waals surface area contributed by atoms with Gasteiger partial charge in [0.2, 0.25) is 0 Å². The van der Waals surface area contributed by atoms with Gasteiger partial charge in [-0.2, -0.15) is 0 Å². The first-order chi connectivity index (χ1) is 10.2. The molecule has 3 atom stereocenters. The van der Waals surface area contributed by atoms with Crippen molar-refractivity contribution in [3.05, 3.63) is 35.1 Å². The molecule has 0 radical (unpaired) electrons. The summed E-state index contributed by atoms with van der Waals surface area (Å²) in [5.74, 6) is 0.413. The molecule has 2 rings (SSSR count). The topological polar surface area (TPSA) is 21.3 Å². The summed E-state index contributed by atoms with van der Waals surface area (Å²) < 4.78 is 19.1. The third kappa shape index (κ3) is 4.27. The lowest BCUT2D eigenvalue weighted by Crippen LogP contribution is -2.42. The van der Waals surface area contributed by atoms with Gasteiger partial charge in [0.25, 0.3) is 0 Å². The van der Waals surface area contributed by atoms with Gasteiger partial charge in [0.05, 0.1) is 6.10 Å². The van der Waals surface area contributed by atoms with E-state index in [0.717, 1.165) is 44.4 Å². The smallest absolute Gasteiger partial charge is 0.123 e. The van der Waals surface area contributed by atoms with Gasteiger partial charge in [-0.15, -0.1) is 0 Å². The highest BCUT2D eigenvalue weighted by Crippen LogP contribution is 2.29. The number of benzene rings is 1. The van der Waals surface area contributed by atoms with E-state index in [9.17, 15) is 4.39 Å². The second kappa shape index (κ2) is 7.90. The fourth-order valence-corrected chi connectivity index (χ4v) is 3.38. The predicted octanol–water partition coefficient (Wildman–Crippen LogP) is 3.86. The molecule has 3 heteroatoms. The second-order valence-electron chi connectivity index (χ2n) is 6.11. The molecule has 0 spiro atoms. The van der Waals surface area contributed by atoms with Gasteiger partial charge in [0.1, 0.15) is 5.82 Å². The minimum atomic E-state index is -0.148. The zero-order chi connectivity index (χ0) is 15.2. The van der Waals surface area contributed by atoms with Crippen LogP contribution in [-0.2, 0) is 11.2 Å². The first-order valence-electron chi connectivity index (χ1n) is 8.25. The molecule has 118 valence electrons. The third-order valence-corrected chi connectivity index (χ3v) is 4.58. The molecule has 2 nitrogen and oxygen atoms in total. The molecule has 3 unspecified atom stereocenters. The normalized spacial score (nSPS) is 23.4. The lowest BCUT2D eigenvalue weighted by Gasteiger charge is -2.29. The first kappa shape index (κ1) is 16.4. The Morgan fingerprint density at radius 2 is 2.19 bits per heavy atom. The van der Waals surface area contributed by atoms with Gasteiger partial charge < -0.3 is 10.1 Å². The highest BCUT2D eigenvalue weighted by molar-refractivity contribution is 5.27. The molecule has 21 heavy (non-hydrogen) atoms. The van der Waals surface area contributed by atoms with E-state index in [0.29, 0.717) is 18.1 Å². The van der Waals surface area contributed by atoms with E-state index < -0.39 is 0 Å². The van der Waals surface area contributed by atoms with E-state index in [1.165, 1.54) is 5.56 Å². The number of rotatable bonds is 7. The van der Waals surface area contributed by atoms with Crippen LogP contribution in [0.3, 0.4) is 0 Å². The van der Waals surface area contributed by atoms with E-state index in [2.05, 4.69) is 19.2 Å². The maximum atomic E-state index is 13.3. The van der Waals surface area contributed by atoms with Crippen LogP contribution in [-0.4, -0.2) is 25.3 Å². The molecule has 0 amide bonds. The van der Waals surface area contributed by atoms with Gasteiger partial charge in [-0.05, 0) is 62.4 Å². The Labute approximate surface area is 128 Å². The van der Waals surface area contributed by atoms with E-state index in [-0.39, 0.29) is 5.82 Å². The summed E-state index contributed by atoms with van der Waals surface area (Å²) in [7, 11) is 0. The van der Waals surface area contributed by atoms with Crippen molar-refractivity contribution < 1.29 is 9.13 Å². The standard InChI is InChI=1S/C18H28FNO/c1-4-9-20-17(16-8-10-21-18(16)5-2)12-14-6-7-15(19)11-13(14)3/h6-7,11,16-18,20H,4-5,8-10,12H2,1-3H3. The molecule has 1 fully saturated rings. The van der Waals surface area contributed by atoms with Crippen molar-refractivity contribution in [2.24, 2.45) is 5.92 Å². The fraction of sp³-hybridized carbons (Fsp3) is 0.667. The molecule has 0 saturated carbocycles. The van der Waals surface area contributed by atoms with Crippen LogP contribution in [0.2, 0.25) is 0 Å². The second-order valence-corrected chi connectivity index (χ2v) is 6.11.